The van der Waals surface area contributed by atoms with Crippen molar-refractivity contribution >= 4 is 16.8 Å². The first kappa shape index (κ1) is 20.1. The van der Waals surface area contributed by atoms with Gasteiger partial charge in [0.25, 0.3) is 5.91 Å². The average Bonchev–Trinajstić information content (AvgIpc) is 3.19. The average molecular weight is 422 g/mol. The Balaban J connectivity index is 1.33. The fourth-order valence-corrected chi connectivity index (χ4v) is 5.07. The van der Waals surface area contributed by atoms with Gasteiger partial charge in [-0.05, 0) is 73.5 Å². The number of aromatic amines is 1. The van der Waals surface area contributed by atoms with Crippen molar-refractivity contribution in [1.29, 1.82) is 0 Å². The molecular weight excluding hydrogens is 393 g/mol. The number of rotatable bonds is 4. The number of aromatic nitrogens is 1. The minimum atomic E-state index is -0.199. The van der Waals surface area contributed by atoms with E-state index in [1.54, 1.807) is 7.11 Å². The highest BCUT2D eigenvalue weighted by molar-refractivity contribution is 6.04. The largest absolute Gasteiger partial charge is 0.495 e. The molecule has 1 aromatic heterocycles. The molecule has 0 bridgehead atoms. The Bertz CT molecular complexity index is 1100. The third-order valence-corrected chi connectivity index (χ3v) is 6.74. The highest BCUT2D eigenvalue weighted by Crippen LogP contribution is 2.36. The molecule has 162 valence electrons. The van der Waals surface area contributed by atoms with Crippen LogP contribution < -0.4 is 10.1 Å². The van der Waals surface area contributed by atoms with Gasteiger partial charge in [-0.2, -0.15) is 0 Å². The normalized spacial score (nSPS) is 17.0. The van der Waals surface area contributed by atoms with Crippen LogP contribution in [0.5, 0.6) is 5.75 Å². The third kappa shape index (κ3) is 3.81. The Labute approximate surface area is 181 Å². The zero-order chi connectivity index (χ0) is 21.4. The molecule has 0 atom stereocenters. The van der Waals surface area contributed by atoms with E-state index in [0.29, 0.717) is 17.2 Å². The van der Waals surface area contributed by atoms with Crippen LogP contribution >= 0.6 is 0 Å². The van der Waals surface area contributed by atoms with Crippen molar-refractivity contribution in [2.75, 3.05) is 26.7 Å². The predicted octanol–water partition coefficient (Wildman–Crippen LogP) is 4.06. The number of hydrogen-bond donors (Lipinski definition) is 2. The molecule has 3 aromatic rings. The van der Waals surface area contributed by atoms with Crippen molar-refractivity contribution in [3.8, 4) is 5.75 Å². The second kappa shape index (κ2) is 8.35. The van der Waals surface area contributed by atoms with Gasteiger partial charge < -0.3 is 19.9 Å². The van der Waals surface area contributed by atoms with Crippen molar-refractivity contribution in [3.63, 3.8) is 0 Å². The summed E-state index contributed by atoms with van der Waals surface area (Å²) in [4.78, 5) is 18.8. The summed E-state index contributed by atoms with van der Waals surface area (Å²) in [6.45, 7) is 3.23. The number of carbonyl (C=O) groups is 1. The van der Waals surface area contributed by atoms with E-state index in [2.05, 4.69) is 10.3 Å². The van der Waals surface area contributed by atoms with E-state index in [1.807, 2.05) is 29.2 Å². The molecule has 5 nitrogen and oxygen atoms in total. The summed E-state index contributed by atoms with van der Waals surface area (Å²) in [5.41, 5.74) is 5.28. The van der Waals surface area contributed by atoms with Crippen LogP contribution in [0.2, 0.25) is 0 Å². The summed E-state index contributed by atoms with van der Waals surface area (Å²) in [5.74, 6) is 1.05. The highest BCUT2D eigenvalue weighted by atomic mass is 19.1. The molecule has 31 heavy (non-hydrogen) atoms. The molecule has 2 aromatic carbocycles. The van der Waals surface area contributed by atoms with E-state index in [9.17, 15) is 9.18 Å². The minimum absolute atomic E-state index is 0.0443. The molecule has 2 aliphatic heterocycles. The van der Waals surface area contributed by atoms with Gasteiger partial charge >= 0.3 is 0 Å². The smallest absolute Gasteiger partial charge is 0.257 e. The lowest BCUT2D eigenvalue weighted by Crippen LogP contribution is -2.39. The zero-order valence-corrected chi connectivity index (χ0v) is 17.8. The topological polar surface area (TPSA) is 57.4 Å². The predicted molar refractivity (Wildman–Crippen MR) is 119 cm³/mol. The Kier molecular flexibility index (Phi) is 5.40. The standard InChI is InChI=1S/C25H28FN3O2/c1-31-24-20(6-7-21-23(24)19-8-11-27-15-22(19)28-21)25(30)29-12-9-17(10-13-29)14-16-2-4-18(26)5-3-16/h2-7,17,27-28H,8-15H2,1H3. The molecular formula is C25H28FN3O2. The monoisotopic (exact) mass is 421 g/mol. The summed E-state index contributed by atoms with van der Waals surface area (Å²) in [6, 6.07) is 10.7. The number of nitrogens with one attached hydrogen (secondary N) is 2. The number of methoxy groups -OCH3 is 1. The second-order valence-electron chi connectivity index (χ2n) is 8.64. The first-order valence-corrected chi connectivity index (χ1v) is 11.1. The molecule has 2 N–H and O–H groups in total. The maximum absolute atomic E-state index is 13.4. The number of ether oxygens (including phenoxy) is 1. The fraction of sp³-hybridized carbons (Fsp3) is 0.400. The molecule has 2 aliphatic rings. The van der Waals surface area contributed by atoms with Gasteiger partial charge in [0, 0.05) is 36.2 Å². The maximum atomic E-state index is 13.4. The highest BCUT2D eigenvalue weighted by Gasteiger charge is 2.28. The van der Waals surface area contributed by atoms with Gasteiger partial charge in [-0.25, -0.2) is 4.39 Å². The van der Waals surface area contributed by atoms with Gasteiger partial charge in [0.1, 0.15) is 11.6 Å². The van der Waals surface area contributed by atoms with Gasteiger partial charge in [0.05, 0.1) is 12.7 Å². The number of hydrogen-bond acceptors (Lipinski definition) is 3. The lowest BCUT2D eigenvalue weighted by atomic mass is 9.90. The van der Waals surface area contributed by atoms with E-state index < -0.39 is 0 Å². The molecule has 1 saturated heterocycles. The van der Waals surface area contributed by atoms with Gasteiger partial charge in [0.15, 0.2) is 0 Å². The first-order chi connectivity index (χ1) is 15.1. The molecule has 3 heterocycles. The molecule has 0 aliphatic carbocycles. The number of carbonyl (C=O) groups excluding carboxylic acids is 1. The number of likely N-dealkylation sites (tertiary alicyclic amines) is 1. The lowest BCUT2D eigenvalue weighted by Gasteiger charge is -2.32. The van der Waals surface area contributed by atoms with Gasteiger partial charge in [-0.15, -0.1) is 0 Å². The van der Waals surface area contributed by atoms with Crippen molar-refractivity contribution in [1.82, 2.24) is 15.2 Å². The number of piperidine rings is 1. The number of amides is 1. The van der Waals surface area contributed by atoms with Gasteiger partial charge in [-0.3, -0.25) is 4.79 Å². The first-order valence-electron chi connectivity index (χ1n) is 11.1. The molecule has 1 amide bonds. The van der Waals surface area contributed by atoms with E-state index in [-0.39, 0.29) is 11.7 Å². The summed E-state index contributed by atoms with van der Waals surface area (Å²) in [6.07, 6.45) is 3.77. The van der Waals surface area contributed by atoms with Crippen LogP contribution in [0.3, 0.4) is 0 Å². The summed E-state index contributed by atoms with van der Waals surface area (Å²) in [5, 5.41) is 4.44. The van der Waals surface area contributed by atoms with E-state index in [4.69, 9.17) is 4.74 Å². The van der Waals surface area contributed by atoms with Crippen molar-refractivity contribution in [2.24, 2.45) is 5.92 Å². The quantitative estimate of drug-likeness (QED) is 0.668. The second-order valence-corrected chi connectivity index (χ2v) is 8.64. The van der Waals surface area contributed by atoms with Crippen LogP contribution in [0.15, 0.2) is 36.4 Å². The lowest BCUT2D eigenvalue weighted by molar-refractivity contribution is 0.0687. The maximum Gasteiger partial charge on any atom is 0.257 e. The summed E-state index contributed by atoms with van der Waals surface area (Å²) >= 11 is 0. The Morgan fingerprint density at radius 3 is 2.68 bits per heavy atom. The Morgan fingerprint density at radius 1 is 1.16 bits per heavy atom. The summed E-state index contributed by atoms with van der Waals surface area (Å²) in [7, 11) is 1.65. The molecule has 0 unspecified atom stereocenters. The number of H-pyrrole nitrogens is 1. The molecule has 0 spiro atoms. The molecule has 0 saturated carbocycles. The zero-order valence-electron chi connectivity index (χ0n) is 17.8. The number of nitrogens with zero attached hydrogens (tertiary/aromatic N) is 1. The van der Waals surface area contributed by atoms with Crippen LogP contribution in [-0.2, 0) is 19.4 Å². The van der Waals surface area contributed by atoms with Crippen molar-refractivity contribution in [2.45, 2.75) is 32.2 Å². The fourth-order valence-electron chi connectivity index (χ4n) is 5.07. The van der Waals surface area contributed by atoms with Crippen LogP contribution in [0, 0.1) is 11.7 Å². The van der Waals surface area contributed by atoms with Crippen LogP contribution in [-0.4, -0.2) is 42.5 Å². The van der Waals surface area contributed by atoms with Crippen molar-refractivity contribution in [3.05, 3.63) is 64.6 Å². The molecule has 5 rings (SSSR count). The van der Waals surface area contributed by atoms with Crippen LogP contribution in [0.4, 0.5) is 4.39 Å². The molecule has 1 fully saturated rings. The Morgan fingerprint density at radius 2 is 1.94 bits per heavy atom. The van der Waals surface area contributed by atoms with Gasteiger partial charge in [-0.1, -0.05) is 12.1 Å². The molecule has 6 heteroatoms. The minimum Gasteiger partial charge on any atom is -0.495 e. The van der Waals surface area contributed by atoms with E-state index in [1.165, 1.54) is 23.4 Å². The van der Waals surface area contributed by atoms with Crippen LogP contribution in [0.1, 0.15) is 40.0 Å². The molecule has 0 radical (unpaired) electrons. The summed E-state index contributed by atoms with van der Waals surface area (Å²) < 4.78 is 18.9. The number of halogens is 1. The van der Waals surface area contributed by atoms with Gasteiger partial charge in [0.2, 0.25) is 0 Å². The number of benzene rings is 2. The van der Waals surface area contributed by atoms with E-state index in [0.717, 1.165) is 68.3 Å². The Hall–Kier alpha value is -2.86. The van der Waals surface area contributed by atoms with E-state index >= 15 is 0 Å². The SMILES string of the molecule is COc1c(C(=O)N2CCC(Cc3ccc(F)cc3)CC2)ccc2[nH]c3c(c12)CCNC3. The van der Waals surface area contributed by atoms with Crippen LogP contribution in [0.25, 0.3) is 10.9 Å². The number of fused-ring (bicyclic) bond motifs is 3. The third-order valence-electron chi connectivity index (χ3n) is 6.74. The van der Waals surface area contributed by atoms with Crippen molar-refractivity contribution < 1.29 is 13.9 Å².